The SMILES string of the molecule is CN(CCOc1ccc(Cl)cc1)C(=O)CNC(=O)c1cccc(Cl)c1. The Bertz CT molecular complexity index is 735. The van der Waals surface area contributed by atoms with Gasteiger partial charge in [-0.25, -0.2) is 0 Å². The minimum absolute atomic E-state index is 0.0945. The average Bonchev–Trinajstić information content (AvgIpc) is 2.61. The fourth-order valence-electron chi connectivity index (χ4n) is 1.98. The van der Waals surface area contributed by atoms with Crippen LogP contribution in [0.25, 0.3) is 0 Å². The maximum atomic E-state index is 12.0. The maximum absolute atomic E-state index is 12.0. The Morgan fingerprint density at radius 1 is 1.08 bits per heavy atom. The summed E-state index contributed by atoms with van der Waals surface area (Å²) in [5.41, 5.74) is 0.411. The van der Waals surface area contributed by atoms with E-state index >= 15 is 0 Å². The first-order valence-corrected chi connectivity index (χ1v) is 8.37. The van der Waals surface area contributed by atoms with Crippen LogP contribution in [0.4, 0.5) is 0 Å². The summed E-state index contributed by atoms with van der Waals surface area (Å²) < 4.78 is 5.54. The standard InChI is InChI=1S/C18H18Cl2N2O3/c1-22(9-10-25-16-7-5-14(19)6-8-16)17(23)12-21-18(24)13-3-2-4-15(20)11-13/h2-8,11H,9-10,12H2,1H3,(H,21,24). The summed E-state index contributed by atoms with van der Waals surface area (Å²) >= 11 is 11.6. The highest BCUT2D eigenvalue weighted by Crippen LogP contribution is 2.15. The van der Waals surface area contributed by atoms with Crippen LogP contribution in [-0.4, -0.2) is 43.5 Å². The molecule has 7 heteroatoms. The number of amides is 2. The number of hydrogen-bond acceptors (Lipinski definition) is 3. The number of carbonyl (C=O) groups excluding carboxylic acids is 2. The summed E-state index contributed by atoms with van der Waals surface area (Å²) in [5, 5.41) is 3.68. The second-order valence-electron chi connectivity index (χ2n) is 5.31. The van der Waals surface area contributed by atoms with Gasteiger partial charge in [-0.05, 0) is 42.5 Å². The predicted molar refractivity (Wildman–Crippen MR) is 98.4 cm³/mol. The van der Waals surface area contributed by atoms with Gasteiger partial charge in [0.1, 0.15) is 12.4 Å². The lowest BCUT2D eigenvalue weighted by Crippen LogP contribution is -2.39. The molecule has 0 saturated heterocycles. The molecule has 0 radical (unpaired) electrons. The molecule has 0 fully saturated rings. The minimum Gasteiger partial charge on any atom is -0.492 e. The van der Waals surface area contributed by atoms with Crippen LogP contribution in [0.5, 0.6) is 5.75 Å². The molecule has 0 aliphatic heterocycles. The fourth-order valence-corrected chi connectivity index (χ4v) is 2.29. The monoisotopic (exact) mass is 380 g/mol. The number of likely N-dealkylation sites (N-methyl/N-ethyl adjacent to an activating group) is 1. The van der Waals surface area contributed by atoms with E-state index in [9.17, 15) is 9.59 Å². The molecule has 0 spiro atoms. The van der Waals surface area contributed by atoms with E-state index in [-0.39, 0.29) is 18.4 Å². The largest absolute Gasteiger partial charge is 0.492 e. The fraction of sp³-hybridized carbons (Fsp3) is 0.222. The summed E-state index contributed by atoms with van der Waals surface area (Å²) in [6.45, 7) is 0.642. The molecule has 0 aliphatic carbocycles. The molecule has 0 saturated carbocycles. The van der Waals surface area contributed by atoms with Crippen LogP contribution >= 0.6 is 23.2 Å². The second-order valence-corrected chi connectivity index (χ2v) is 6.18. The quantitative estimate of drug-likeness (QED) is 0.801. The van der Waals surface area contributed by atoms with Gasteiger partial charge in [0.2, 0.25) is 5.91 Å². The van der Waals surface area contributed by atoms with Crippen molar-refractivity contribution in [3.8, 4) is 5.75 Å². The highest BCUT2D eigenvalue weighted by atomic mass is 35.5. The first kappa shape index (κ1) is 19.1. The number of nitrogens with zero attached hydrogens (tertiary/aromatic N) is 1. The molecule has 2 aromatic carbocycles. The number of benzene rings is 2. The lowest BCUT2D eigenvalue weighted by atomic mass is 10.2. The topological polar surface area (TPSA) is 58.6 Å². The summed E-state index contributed by atoms with van der Waals surface area (Å²) in [5.74, 6) is 0.122. The van der Waals surface area contributed by atoms with Gasteiger partial charge in [-0.15, -0.1) is 0 Å². The zero-order chi connectivity index (χ0) is 18.2. The maximum Gasteiger partial charge on any atom is 0.251 e. The van der Waals surface area contributed by atoms with E-state index in [0.717, 1.165) is 0 Å². The van der Waals surface area contributed by atoms with Gasteiger partial charge < -0.3 is 15.0 Å². The number of nitrogens with one attached hydrogen (secondary N) is 1. The number of rotatable bonds is 7. The van der Waals surface area contributed by atoms with Crippen molar-refractivity contribution < 1.29 is 14.3 Å². The van der Waals surface area contributed by atoms with E-state index in [2.05, 4.69) is 5.32 Å². The van der Waals surface area contributed by atoms with Crippen LogP contribution in [0.1, 0.15) is 10.4 Å². The molecule has 0 unspecified atom stereocenters. The Morgan fingerprint density at radius 2 is 1.80 bits per heavy atom. The Kier molecular flexibility index (Phi) is 7.10. The summed E-state index contributed by atoms with van der Waals surface area (Å²) in [6, 6.07) is 13.5. The Morgan fingerprint density at radius 3 is 2.48 bits per heavy atom. The highest BCUT2D eigenvalue weighted by molar-refractivity contribution is 6.31. The third-order valence-corrected chi connectivity index (χ3v) is 3.91. The van der Waals surface area contributed by atoms with E-state index in [1.165, 1.54) is 4.90 Å². The number of carbonyl (C=O) groups is 2. The summed E-state index contributed by atoms with van der Waals surface area (Å²) in [6.07, 6.45) is 0. The predicted octanol–water partition coefficient (Wildman–Crippen LogP) is 3.26. The zero-order valence-corrected chi connectivity index (χ0v) is 15.2. The number of ether oxygens (including phenoxy) is 1. The van der Waals surface area contributed by atoms with Crippen molar-refractivity contribution in [1.82, 2.24) is 10.2 Å². The smallest absolute Gasteiger partial charge is 0.251 e. The van der Waals surface area contributed by atoms with Gasteiger partial charge in [-0.3, -0.25) is 9.59 Å². The molecule has 132 valence electrons. The van der Waals surface area contributed by atoms with E-state index in [0.29, 0.717) is 34.5 Å². The molecule has 0 aliphatic rings. The van der Waals surface area contributed by atoms with Crippen LogP contribution in [0.15, 0.2) is 48.5 Å². The van der Waals surface area contributed by atoms with Crippen molar-refractivity contribution in [1.29, 1.82) is 0 Å². The molecule has 0 aromatic heterocycles. The van der Waals surface area contributed by atoms with Crippen LogP contribution < -0.4 is 10.1 Å². The van der Waals surface area contributed by atoms with Gasteiger partial charge in [0.15, 0.2) is 0 Å². The molecule has 2 aromatic rings. The Balaban J connectivity index is 1.72. The first-order valence-electron chi connectivity index (χ1n) is 7.62. The second kappa shape index (κ2) is 9.30. The van der Waals surface area contributed by atoms with Crippen molar-refractivity contribution in [2.45, 2.75) is 0 Å². The van der Waals surface area contributed by atoms with Crippen LogP contribution in [0, 0.1) is 0 Å². The van der Waals surface area contributed by atoms with Gasteiger partial charge in [-0.1, -0.05) is 29.3 Å². The average molecular weight is 381 g/mol. The normalized spacial score (nSPS) is 10.2. The van der Waals surface area contributed by atoms with Gasteiger partial charge in [0, 0.05) is 22.7 Å². The molecule has 5 nitrogen and oxygen atoms in total. The van der Waals surface area contributed by atoms with Gasteiger partial charge >= 0.3 is 0 Å². The van der Waals surface area contributed by atoms with Crippen molar-refractivity contribution in [2.75, 3.05) is 26.7 Å². The minimum atomic E-state index is -0.346. The highest BCUT2D eigenvalue weighted by Gasteiger charge is 2.12. The van der Waals surface area contributed by atoms with E-state index in [1.807, 2.05) is 0 Å². The third kappa shape index (κ3) is 6.29. The van der Waals surface area contributed by atoms with Gasteiger partial charge in [0.25, 0.3) is 5.91 Å². The van der Waals surface area contributed by atoms with Crippen molar-refractivity contribution in [3.63, 3.8) is 0 Å². The van der Waals surface area contributed by atoms with E-state index in [1.54, 1.807) is 55.6 Å². The van der Waals surface area contributed by atoms with E-state index in [4.69, 9.17) is 27.9 Å². The van der Waals surface area contributed by atoms with Crippen molar-refractivity contribution in [3.05, 3.63) is 64.1 Å². The van der Waals surface area contributed by atoms with Gasteiger partial charge in [-0.2, -0.15) is 0 Å². The van der Waals surface area contributed by atoms with Crippen LogP contribution in [0.2, 0.25) is 10.0 Å². The molecular formula is C18H18Cl2N2O3. The first-order chi connectivity index (χ1) is 12.0. The Hall–Kier alpha value is -2.24. The zero-order valence-electron chi connectivity index (χ0n) is 13.7. The lowest BCUT2D eigenvalue weighted by Gasteiger charge is -2.18. The molecule has 0 bridgehead atoms. The molecule has 0 heterocycles. The number of halogens is 2. The summed E-state index contributed by atoms with van der Waals surface area (Å²) in [4.78, 5) is 25.5. The molecule has 2 rings (SSSR count). The summed E-state index contributed by atoms with van der Waals surface area (Å²) in [7, 11) is 1.65. The molecular weight excluding hydrogens is 363 g/mol. The molecule has 0 atom stereocenters. The van der Waals surface area contributed by atoms with E-state index < -0.39 is 0 Å². The lowest BCUT2D eigenvalue weighted by molar-refractivity contribution is -0.129. The molecule has 25 heavy (non-hydrogen) atoms. The molecule has 1 N–H and O–H groups in total. The van der Waals surface area contributed by atoms with Gasteiger partial charge in [0.05, 0.1) is 13.1 Å². The molecule has 2 amide bonds. The third-order valence-electron chi connectivity index (χ3n) is 3.42. The van der Waals surface area contributed by atoms with Crippen LogP contribution in [-0.2, 0) is 4.79 Å². The number of hydrogen-bond donors (Lipinski definition) is 1. The van der Waals surface area contributed by atoms with Crippen molar-refractivity contribution >= 4 is 35.0 Å². The van der Waals surface area contributed by atoms with Crippen LogP contribution in [0.3, 0.4) is 0 Å². The van der Waals surface area contributed by atoms with Crippen molar-refractivity contribution in [2.24, 2.45) is 0 Å². The Labute approximate surface area is 156 Å².